The van der Waals surface area contributed by atoms with Crippen molar-refractivity contribution < 1.29 is 14.3 Å². The monoisotopic (exact) mass is 414 g/mol. The van der Waals surface area contributed by atoms with E-state index in [0.717, 1.165) is 17.7 Å². The van der Waals surface area contributed by atoms with Gasteiger partial charge < -0.3 is 20.7 Å². The van der Waals surface area contributed by atoms with Crippen molar-refractivity contribution >= 4 is 41.2 Å². The third-order valence-electron chi connectivity index (χ3n) is 5.07. The number of fused-ring (bicyclic) bond motifs is 1. The molecular weight excluding hydrogens is 392 g/mol. The summed E-state index contributed by atoms with van der Waals surface area (Å²) < 4.78 is 5.41. The molecule has 9 nitrogen and oxygen atoms in total. The van der Waals surface area contributed by atoms with Crippen molar-refractivity contribution in [1.29, 1.82) is 0 Å². The van der Waals surface area contributed by atoms with Gasteiger partial charge in [-0.2, -0.15) is 15.0 Å². The Kier molecular flexibility index (Phi) is 5.03. The van der Waals surface area contributed by atoms with E-state index in [2.05, 4.69) is 20.3 Å². The smallest absolute Gasteiger partial charge is 0.330 e. The summed E-state index contributed by atoms with van der Waals surface area (Å²) in [4.78, 5) is 38.5. The highest BCUT2D eigenvalue weighted by Crippen LogP contribution is 2.47. The van der Waals surface area contributed by atoms with Crippen LogP contribution in [0, 0.1) is 6.92 Å². The molecule has 0 aliphatic carbocycles. The summed E-state index contributed by atoms with van der Waals surface area (Å²) in [5.41, 5.74) is 7.71. The Morgan fingerprint density at radius 1 is 1.34 bits per heavy atom. The van der Waals surface area contributed by atoms with Crippen molar-refractivity contribution in [3.05, 3.63) is 35.7 Å². The minimum atomic E-state index is -0.579. The fraction of sp³-hybridized carbons (Fsp3) is 0.421. The summed E-state index contributed by atoms with van der Waals surface area (Å²) in [6, 6.07) is 7.14. The van der Waals surface area contributed by atoms with E-state index < -0.39 is 12.0 Å². The number of nitrogens with one attached hydrogen (secondary N) is 1. The SMILES string of the molecule is Cc1ccc(Nc2nc(N)nc(COC(=O)[C@H]3CS[C@@]4(C)CCC(=O)N34)n2)cc1. The molecule has 2 aliphatic rings. The molecule has 2 aliphatic heterocycles. The Bertz CT molecular complexity index is 953. The number of rotatable bonds is 5. The van der Waals surface area contributed by atoms with Gasteiger partial charge in [0.2, 0.25) is 17.8 Å². The lowest BCUT2D eigenvalue weighted by Crippen LogP contribution is -2.46. The zero-order chi connectivity index (χ0) is 20.6. The largest absolute Gasteiger partial charge is 0.456 e. The number of nitrogens with zero attached hydrogens (tertiary/aromatic N) is 4. The van der Waals surface area contributed by atoms with Crippen molar-refractivity contribution in [2.75, 3.05) is 16.8 Å². The number of ether oxygens (including phenoxy) is 1. The molecule has 0 bridgehead atoms. The van der Waals surface area contributed by atoms with Crippen LogP contribution in [0.4, 0.5) is 17.6 Å². The van der Waals surface area contributed by atoms with Crippen molar-refractivity contribution in [2.24, 2.45) is 0 Å². The van der Waals surface area contributed by atoms with Gasteiger partial charge in [0.05, 0.1) is 4.87 Å². The standard InChI is InChI=1S/C19H22N6O3S/c1-11-3-5-12(6-4-11)21-18-23-14(22-17(20)24-18)9-28-16(27)13-10-29-19(2)8-7-15(26)25(13)19/h3-6,13H,7-10H2,1-2H3,(H3,20,21,22,23,24)/t13-,19+/m1/s1. The summed E-state index contributed by atoms with van der Waals surface area (Å²) in [5, 5.41) is 3.06. The number of aryl methyl sites for hydroxylation is 1. The normalized spacial score (nSPS) is 23.2. The highest BCUT2D eigenvalue weighted by molar-refractivity contribution is 8.01. The summed E-state index contributed by atoms with van der Waals surface area (Å²) in [7, 11) is 0. The van der Waals surface area contributed by atoms with Crippen LogP contribution in [0.5, 0.6) is 0 Å². The molecule has 2 aromatic rings. The predicted octanol–water partition coefficient (Wildman–Crippen LogP) is 2.00. The molecule has 0 saturated carbocycles. The van der Waals surface area contributed by atoms with Crippen molar-refractivity contribution in [1.82, 2.24) is 19.9 Å². The molecule has 3 N–H and O–H groups in total. The number of anilines is 3. The van der Waals surface area contributed by atoms with Crippen LogP contribution in [0.2, 0.25) is 0 Å². The van der Waals surface area contributed by atoms with E-state index in [1.165, 1.54) is 0 Å². The first kappa shape index (κ1) is 19.4. The van der Waals surface area contributed by atoms with Gasteiger partial charge in [0.25, 0.3) is 0 Å². The van der Waals surface area contributed by atoms with Gasteiger partial charge in [-0.1, -0.05) is 17.7 Å². The van der Waals surface area contributed by atoms with Crippen LogP contribution < -0.4 is 11.1 Å². The first-order valence-corrected chi connectivity index (χ1v) is 10.3. The second kappa shape index (κ2) is 7.51. The van der Waals surface area contributed by atoms with Gasteiger partial charge in [-0.05, 0) is 32.4 Å². The molecular formula is C19H22N6O3S. The van der Waals surface area contributed by atoms with Crippen molar-refractivity contribution in [3.8, 4) is 0 Å². The number of carbonyl (C=O) groups excluding carboxylic acids is 2. The van der Waals surface area contributed by atoms with Crippen LogP contribution in [-0.2, 0) is 20.9 Å². The number of aromatic nitrogens is 3. The average molecular weight is 414 g/mol. The van der Waals surface area contributed by atoms with Crippen LogP contribution in [-0.4, -0.2) is 48.4 Å². The topological polar surface area (TPSA) is 123 Å². The molecule has 2 fully saturated rings. The molecule has 0 radical (unpaired) electrons. The van der Waals surface area contributed by atoms with Crippen LogP contribution in [0.3, 0.4) is 0 Å². The highest BCUT2D eigenvalue weighted by Gasteiger charge is 2.53. The van der Waals surface area contributed by atoms with Crippen LogP contribution in [0.15, 0.2) is 24.3 Å². The van der Waals surface area contributed by atoms with Crippen LogP contribution in [0.25, 0.3) is 0 Å². The maximum atomic E-state index is 12.6. The average Bonchev–Trinajstić information content (AvgIpc) is 3.17. The Hall–Kier alpha value is -2.88. The number of amides is 1. The zero-order valence-corrected chi connectivity index (χ0v) is 17.0. The van der Waals surface area contributed by atoms with Gasteiger partial charge in [-0.15, -0.1) is 11.8 Å². The molecule has 1 aromatic heterocycles. The van der Waals surface area contributed by atoms with Gasteiger partial charge >= 0.3 is 5.97 Å². The molecule has 1 amide bonds. The van der Waals surface area contributed by atoms with Gasteiger partial charge in [0, 0.05) is 17.9 Å². The van der Waals surface area contributed by atoms with Crippen LogP contribution in [0.1, 0.15) is 31.2 Å². The second-order valence-electron chi connectivity index (χ2n) is 7.30. The quantitative estimate of drug-likeness (QED) is 0.707. The van der Waals surface area contributed by atoms with E-state index in [0.29, 0.717) is 12.2 Å². The highest BCUT2D eigenvalue weighted by atomic mass is 32.2. The van der Waals surface area contributed by atoms with E-state index in [1.807, 2.05) is 38.1 Å². The predicted molar refractivity (Wildman–Crippen MR) is 109 cm³/mol. The fourth-order valence-electron chi connectivity index (χ4n) is 3.55. The van der Waals surface area contributed by atoms with Crippen molar-refractivity contribution in [3.63, 3.8) is 0 Å². The van der Waals surface area contributed by atoms with Gasteiger partial charge in [0.15, 0.2) is 12.4 Å². The molecule has 3 heterocycles. The Labute approximate surface area is 172 Å². The summed E-state index contributed by atoms with van der Waals surface area (Å²) in [6.45, 7) is 3.85. The van der Waals surface area contributed by atoms with Gasteiger partial charge in [-0.3, -0.25) is 4.79 Å². The number of benzene rings is 1. The summed E-state index contributed by atoms with van der Waals surface area (Å²) in [6.07, 6.45) is 1.21. The maximum Gasteiger partial charge on any atom is 0.330 e. The molecule has 10 heteroatoms. The van der Waals surface area contributed by atoms with E-state index >= 15 is 0 Å². The van der Waals surface area contributed by atoms with E-state index in [4.69, 9.17) is 10.5 Å². The maximum absolute atomic E-state index is 12.6. The summed E-state index contributed by atoms with van der Waals surface area (Å²) in [5.74, 6) is 0.602. The van der Waals surface area contributed by atoms with Crippen molar-refractivity contribution in [2.45, 2.75) is 44.2 Å². The van der Waals surface area contributed by atoms with E-state index in [-0.39, 0.29) is 35.1 Å². The van der Waals surface area contributed by atoms with E-state index in [9.17, 15) is 9.59 Å². The van der Waals surface area contributed by atoms with Crippen LogP contribution >= 0.6 is 11.8 Å². The first-order valence-electron chi connectivity index (χ1n) is 9.31. The number of hydrogen-bond donors (Lipinski definition) is 2. The Morgan fingerprint density at radius 3 is 2.86 bits per heavy atom. The molecule has 152 valence electrons. The molecule has 29 heavy (non-hydrogen) atoms. The lowest BCUT2D eigenvalue weighted by atomic mass is 10.2. The molecule has 0 unspecified atom stereocenters. The first-order chi connectivity index (χ1) is 13.8. The molecule has 2 atom stereocenters. The van der Waals surface area contributed by atoms with Gasteiger partial charge in [-0.25, -0.2) is 4.79 Å². The second-order valence-corrected chi connectivity index (χ2v) is 8.80. The zero-order valence-electron chi connectivity index (χ0n) is 16.2. The number of thioether (sulfide) groups is 1. The Morgan fingerprint density at radius 2 is 2.10 bits per heavy atom. The van der Waals surface area contributed by atoms with E-state index in [1.54, 1.807) is 16.7 Å². The van der Waals surface area contributed by atoms with Gasteiger partial charge in [0.1, 0.15) is 6.04 Å². The Balaban J connectivity index is 1.42. The third kappa shape index (κ3) is 3.98. The molecule has 2 saturated heterocycles. The third-order valence-corrected chi connectivity index (χ3v) is 6.57. The minimum Gasteiger partial charge on any atom is -0.456 e. The lowest BCUT2D eigenvalue weighted by molar-refractivity contribution is -0.154. The number of nitrogens with two attached hydrogens (primary N) is 1. The minimum absolute atomic E-state index is 0.00607. The number of hydrogen-bond acceptors (Lipinski definition) is 9. The number of nitrogen functional groups attached to an aromatic ring is 1. The molecule has 0 spiro atoms. The number of esters is 1. The molecule has 4 rings (SSSR count). The summed E-state index contributed by atoms with van der Waals surface area (Å²) >= 11 is 1.62. The molecule has 1 aromatic carbocycles. The fourth-order valence-corrected chi connectivity index (χ4v) is 4.97. The number of carbonyl (C=O) groups is 2. The lowest BCUT2D eigenvalue weighted by Gasteiger charge is -2.29.